The molecular formula is C7H7N3O4. The van der Waals surface area contributed by atoms with Gasteiger partial charge in [-0.05, 0) is 0 Å². The maximum Gasteiger partial charge on any atom is 0.291 e. The van der Waals surface area contributed by atoms with Crippen molar-refractivity contribution in [1.29, 1.82) is 0 Å². The van der Waals surface area contributed by atoms with Crippen LogP contribution in [0.15, 0.2) is 12.3 Å². The summed E-state index contributed by atoms with van der Waals surface area (Å²) in [6.45, 7) is 1.24. The van der Waals surface area contributed by atoms with Gasteiger partial charge in [0.05, 0.1) is 11.0 Å². The van der Waals surface area contributed by atoms with E-state index in [1.807, 2.05) is 0 Å². The summed E-state index contributed by atoms with van der Waals surface area (Å²) in [5.41, 5.74) is -0.336. The number of aromatic hydroxyl groups is 1. The molecule has 1 rings (SSSR count). The van der Waals surface area contributed by atoms with Crippen LogP contribution < -0.4 is 5.32 Å². The van der Waals surface area contributed by atoms with Gasteiger partial charge in [-0.1, -0.05) is 0 Å². The van der Waals surface area contributed by atoms with E-state index in [-0.39, 0.29) is 11.5 Å². The summed E-state index contributed by atoms with van der Waals surface area (Å²) in [5, 5.41) is 21.7. The lowest BCUT2D eigenvalue weighted by molar-refractivity contribution is -0.385. The van der Waals surface area contributed by atoms with E-state index in [4.69, 9.17) is 0 Å². The SMILES string of the molecule is CC(=O)Nc1ncc([N+](=O)[O-])cc1O. The number of hydrogen-bond acceptors (Lipinski definition) is 5. The van der Waals surface area contributed by atoms with Crippen molar-refractivity contribution >= 4 is 17.4 Å². The second-order valence-corrected chi connectivity index (χ2v) is 2.50. The molecule has 74 valence electrons. The van der Waals surface area contributed by atoms with E-state index in [9.17, 15) is 20.0 Å². The molecule has 2 N–H and O–H groups in total. The summed E-state index contributed by atoms with van der Waals surface area (Å²) in [6.07, 6.45) is 0.949. The summed E-state index contributed by atoms with van der Waals surface area (Å²) in [4.78, 5) is 23.7. The molecule has 1 aromatic heterocycles. The maximum absolute atomic E-state index is 10.6. The third-order valence-electron chi connectivity index (χ3n) is 1.36. The zero-order chi connectivity index (χ0) is 10.7. The Kier molecular flexibility index (Phi) is 2.61. The van der Waals surface area contributed by atoms with Gasteiger partial charge >= 0.3 is 0 Å². The normalized spacial score (nSPS) is 9.50. The van der Waals surface area contributed by atoms with Gasteiger partial charge in [-0.25, -0.2) is 4.98 Å². The number of hydrogen-bond donors (Lipinski definition) is 2. The molecule has 14 heavy (non-hydrogen) atoms. The number of nitrogens with one attached hydrogen (secondary N) is 1. The van der Waals surface area contributed by atoms with E-state index in [2.05, 4.69) is 10.3 Å². The summed E-state index contributed by atoms with van der Waals surface area (Å²) >= 11 is 0. The average molecular weight is 197 g/mol. The molecule has 0 spiro atoms. The van der Waals surface area contributed by atoms with E-state index >= 15 is 0 Å². The van der Waals surface area contributed by atoms with Crippen LogP contribution in [0.4, 0.5) is 11.5 Å². The monoisotopic (exact) mass is 197 g/mol. The zero-order valence-corrected chi connectivity index (χ0v) is 7.22. The summed E-state index contributed by atoms with van der Waals surface area (Å²) in [5.74, 6) is -0.945. The number of aromatic nitrogens is 1. The lowest BCUT2D eigenvalue weighted by Crippen LogP contribution is -2.07. The van der Waals surface area contributed by atoms with E-state index in [1.54, 1.807) is 0 Å². The van der Waals surface area contributed by atoms with Gasteiger partial charge in [-0.2, -0.15) is 0 Å². The fourth-order valence-corrected chi connectivity index (χ4v) is 0.805. The van der Waals surface area contributed by atoms with Gasteiger partial charge < -0.3 is 10.4 Å². The first kappa shape index (κ1) is 9.90. The Bertz CT molecular complexity index is 391. The van der Waals surface area contributed by atoms with Gasteiger partial charge in [0.25, 0.3) is 5.69 Å². The molecule has 1 aromatic rings. The van der Waals surface area contributed by atoms with Crippen LogP contribution in [0.3, 0.4) is 0 Å². The summed E-state index contributed by atoms with van der Waals surface area (Å²) in [7, 11) is 0. The van der Waals surface area contributed by atoms with Crippen LogP contribution in [0.25, 0.3) is 0 Å². The minimum atomic E-state index is -0.690. The van der Waals surface area contributed by atoms with E-state index in [0.717, 1.165) is 12.3 Å². The lowest BCUT2D eigenvalue weighted by atomic mass is 10.4. The molecule has 0 atom stereocenters. The molecule has 1 amide bonds. The van der Waals surface area contributed by atoms with Gasteiger partial charge in [0.1, 0.15) is 6.20 Å². The van der Waals surface area contributed by atoms with Gasteiger partial charge in [0.2, 0.25) is 5.91 Å². The van der Waals surface area contributed by atoms with Crippen LogP contribution in [-0.4, -0.2) is 20.9 Å². The first-order chi connectivity index (χ1) is 6.50. The number of carbonyl (C=O) groups excluding carboxylic acids is 1. The molecule has 7 heteroatoms. The third-order valence-corrected chi connectivity index (χ3v) is 1.36. The van der Waals surface area contributed by atoms with Crippen molar-refractivity contribution < 1.29 is 14.8 Å². The van der Waals surface area contributed by atoms with Crippen LogP contribution >= 0.6 is 0 Å². The molecule has 0 aliphatic carbocycles. The molecule has 0 aliphatic rings. The molecule has 1 heterocycles. The quantitative estimate of drug-likeness (QED) is 0.535. The predicted molar refractivity (Wildman–Crippen MR) is 46.9 cm³/mol. The fourth-order valence-electron chi connectivity index (χ4n) is 0.805. The molecule has 7 nitrogen and oxygen atoms in total. The van der Waals surface area contributed by atoms with Crippen molar-refractivity contribution in [2.45, 2.75) is 6.92 Å². The minimum absolute atomic E-state index is 0.0944. The lowest BCUT2D eigenvalue weighted by Gasteiger charge is -2.02. The van der Waals surface area contributed by atoms with Crippen molar-refractivity contribution in [1.82, 2.24) is 4.98 Å². The van der Waals surface area contributed by atoms with E-state index in [1.165, 1.54) is 6.92 Å². The van der Waals surface area contributed by atoms with Gasteiger partial charge in [0, 0.05) is 6.92 Å². The number of amides is 1. The first-order valence-corrected chi connectivity index (χ1v) is 3.61. The minimum Gasteiger partial charge on any atom is -0.504 e. The topological polar surface area (TPSA) is 105 Å². The summed E-state index contributed by atoms with van der Waals surface area (Å²) < 4.78 is 0. The molecule has 0 aromatic carbocycles. The maximum atomic E-state index is 10.6. The number of pyridine rings is 1. The summed E-state index contributed by atoms with van der Waals surface area (Å²) in [6, 6.07) is 0.915. The molecular weight excluding hydrogens is 190 g/mol. The van der Waals surface area contributed by atoms with Crippen molar-refractivity contribution in [3.63, 3.8) is 0 Å². The average Bonchev–Trinajstić information content (AvgIpc) is 2.07. The van der Waals surface area contributed by atoms with Gasteiger partial charge in [-0.15, -0.1) is 0 Å². The van der Waals surface area contributed by atoms with Gasteiger partial charge in [0.15, 0.2) is 11.6 Å². The number of nitro groups is 1. The number of carbonyl (C=O) groups is 1. The highest BCUT2D eigenvalue weighted by Crippen LogP contribution is 2.24. The molecule has 0 saturated heterocycles. The second-order valence-electron chi connectivity index (χ2n) is 2.50. The molecule has 0 bridgehead atoms. The van der Waals surface area contributed by atoms with Crippen LogP contribution in [0.1, 0.15) is 6.92 Å². The van der Waals surface area contributed by atoms with Crippen LogP contribution in [0.5, 0.6) is 5.75 Å². The molecule has 0 fully saturated rings. The highest BCUT2D eigenvalue weighted by molar-refractivity contribution is 5.89. The second kappa shape index (κ2) is 3.69. The molecule has 0 unspecified atom stereocenters. The smallest absolute Gasteiger partial charge is 0.291 e. The van der Waals surface area contributed by atoms with Crippen LogP contribution in [0.2, 0.25) is 0 Å². The zero-order valence-electron chi connectivity index (χ0n) is 7.22. The van der Waals surface area contributed by atoms with Gasteiger partial charge in [-0.3, -0.25) is 14.9 Å². The fraction of sp³-hybridized carbons (Fsp3) is 0.143. The third kappa shape index (κ3) is 2.16. The van der Waals surface area contributed by atoms with Crippen molar-refractivity contribution in [3.05, 3.63) is 22.4 Å². The van der Waals surface area contributed by atoms with Crippen LogP contribution in [0, 0.1) is 10.1 Å². The number of rotatable bonds is 2. The Morgan fingerprint density at radius 3 is 2.79 bits per heavy atom. The Morgan fingerprint density at radius 2 is 2.36 bits per heavy atom. The van der Waals surface area contributed by atoms with Crippen LogP contribution in [-0.2, 0) is 4.79 Å². The molecule has 0 aliphatic heterocycles. The van der Waals surface area contributed by atoms with E-state index < -0.39 is 16.6 Å². The Hall–Kier alpha value is -2.18. The Labute approximate surface area is 78.5 Å². The molecule has 0 saturated carbocycles. The van der Waals surface area contributed by atoms with Crippen molar-refractivity contribution in [2.75, 3.05) is 5.32 Å². The van der Waals surface area contributed by atoms with E-state index in [0.29, 0.717) is 0 Å². The standard InChI is InChI=1S/C7H7N3O4/c1-4(11)9-7-6(12)2-5(3-8-7)10(13)14/h2-3,12H,1H3,(H,8,9,11). The van der Waals surface area contributed by atoms with Crippen molar-refractivity contribution in [2.24, 2.45) is 0 Å². The first-order valence-electron chi connectivity index (χ1n) is 3.61. The predicted octanol–water partition coefficient (Wildman–Crippen LogP) is 0.654. The number of anilines is 1. The number of nitrogens with zero attached hydrogens (tertiary/aromatic N) is 2. The largest absolute Gasteiger partial charge is 0.504 e. The molecule has 0 radical (unpaired) electrons. The highest BCUT2D eigenvalue weighted by Gasteiger charge is 2.11. The Morgan fingerprint density at radius 1 is 1.71 bits per heavy atom. The Balaban J connectivity index is 3.01. The van der Waals surface area contributed by atoms with Crippen molar-refractivity contribution in [3.8, 4) is 5.75 Å². The highest BCUT2D eigenvalue weighted by atomic mass is 16.6.